The monoisotopic (exact) mass is 340 g/mol. The predicted molar refractivity (Wildman–Crippen MR) is 92.8 cm³/mol. The van der Waals surface area contributed by atoms with Crippen LogP contribution in [0.3, 0.4) is 0 Å². The lowest BCUT2D eigenvalue weighted by Gasteiger charge is -2.07. The number of carbonyl (C=O) groups excluding carboxylic acids is 1. The van der Waals surface area contributed by atoms with Gasteiger partial charge in [0.25, 0.3) is 5.89 Å². The van der Waals surface area contributed by atoms with E-state index in [0.29, 0.717) is 17.5 Å². The minimum atomic E-state index is -0.0623. The third kappa shape index (κ3) is 3.99. The van der Waals surface area contributed by atoms with E-state index in [4.69, 9.17) is 4.52 Å². The summed E-state index contributed by atoms with van der Waals surface area (Å²) in [6.07, 6.45) is 1.66. The molecule has 0 aliphatic rings. The Morgan fingerprint density at radius 3 is 2.71 bits per heavy atom. The zero-order chi connectivity index (χ0) is 16.9. The fraction of sp³-hybridized carbons (Fsp3) is 0.176. The molecule has 0 atom stereocenters. The molecule has 2 aromatic heterocycles. The molecule has 0 bridgehead atoms. The van der Waals surface area contributed by atoms with E-state index in [1.165, 1.54) is 11.8 Å². The molecular weight excluding hydrogens is 324 g/mol. The van der Waals surface area contributed by atoms with Crippen LogP contribution in [0.5, 0.6) is 0 Å². The summed E-state index contributed by atoms with van der Waals surface area (Å²) >= 11 is 1.37. The molecule has 0 radical (unpaired) electrons. The summed E-state index contributed by atoms with van der Waals surface area (Å²) in [5.74, 6) is 1.25. The summed E-state index contributed by atoms with van der Waals surface area (Å²) in [7, 11) is 0. The molecule has 0 saturated carbocycles. The van der Waals surface area contributed by atoms with Gasteiger partial charge in [0.2, 0.25) is 5.91 Å². The molecule has 1 N–H and O–H groups in total. The first-order valence-electron chi connectivity index (χ1n) is 7.37. The lowest BCUT2D eigenvalue weighted by atomic mass is 10.2. The van der Waals surface area contributed by atoms with Gasteiger partial charge in [0.1, 0.15) is 0 Å². The number of nitrogens with zero attached hydrogens (tertiary/aromatic N) is 3. The maximum Gasteiger partial charge on any atom is 0.259 e. The second kappa shape index (κ2) is 7.27. The molecule has 0 unspecified atom stereocenters. The molecule has 3 rings (SSSR count). The van der Waals surface area contributed by atoms with E-state index in [1.807, 2.05) is 43.3 Å². The summed E-state index contributed by atoms with van der Waals surface area (Å²) in [5, 5.41) is 7.41. The molecule has 0 spiro atoms. The van der Waals surface area contributed by atoms with Gasteiger partial charge >= 0.3 is 0 Å². The van der Waals surface area contributed by atoms with Crippen molar-refractivity contribution in [2.75, 3.05) is 11.1 Å². The molecular formula is C17H16N4O2S. The number of hydrogen-bond acceptors (Lipinski definition) is 6. The van der Waals surface area contributed by atoms with Crippen LogP contribution in [-0.4, -0.2) is 26.8 Å². The van der Waals surface area contributed by atoms with Crippen molar-refractivity contribution in [2.24, 2.45) is 0 Å². The number of aromatic nitrogens is 3. The van der Waals surface area contributed by atoms with Crippen LogP contribution in [-0.2, 0) is 4.79 Å². The Balaban J connectivity index is 1.57. The Labute approximate surface area is 143 Å². The van der Waals surface area contributed by atoms with Crippen LogP contribution in [0.15, 0.2) is 52.1 Å². The number of nitrogens with one attached hydrogen (secondary N) is 1. The van der Waals surface area contributed by atoms with Gasteiger partial charge in [-0.1, -0.05) is 35.1 Å². The van der Waals surface area contributed by atoms with Gasteiger partial charge in [-0.15, -0.1) is 0 Å². The Morgan fingerprint density at radius 2 is 2.04 bits per heavy atom. The SMILES string of the molecule is Cc1noc(-c2ccc(SCC(=O)Nc3ccccc3C)nc2)n1. The first kappa shape index (κ1) is 16.2. The van der Waals surface area contributed by atoms with E-state index in [0.717, 1.165) is 21.8 Å². The molecule has 7 heteroatoms. The second-order valence-electron chi connectivity index (χ2n) is 5.18. The van der Waals surface area contributed by atoms with Crippen molar-refractivity contribution < 1.29 is 9.32 Å². The molecule has 2 heterocycles. The Morgan fingerprint density at radius 1 is 1.21 bits per heavy atom. The largest absolute Gasteiger partial charge is 0.334 e. The summed E-state index contributed by atoms with van der Waals surface area (Å²) in [6.45, 7) is 3.72. The smallest absolute Gasteiger partial charge is 0.259 e. The summed E-state index contributed by atoms with van der Waals surface area (Å²) in [4.78, 5) is 20.5. The van der Waals surface area contributed by atoms with Crippen LogP contribution in [0.2, 0.25) is 0 Å². The summed E-state index contributed by atoms with van der Waals surface area (Å²) in [6, 6.07) is 11.4. The highest BCUT2D eigenvalue weighted by Crippen LogP contribution is 2.21. The maximum absolute atomic E-state index is 12.0. The lowest BCUT2D eigenvalue weighted by molar-refractivity contribution is -0.113. The van der Waals surface area contributed by atoms with Crippen LogP contribution in [0.25, 0.3) is 11.5 Å². The zero-order valence-electron chi connectivity index (χ0n) is 13.3. The minimum absolute atomic E-state index is 0.0623. The third-order valence-electron chi connectivity index (χ3n) is 3.28. The number of pyridine rings is 1. The van der Waals surface area contributed by atoms with Gasteiger partial charge < -0.3 is 9.84 Å². The van der Waals surface area contributed by atoms with E-state index >= 15 is 0 Å². The van der Waals surface area contributed by atoms with E-state index in [9.17, 15) is 4.79 Å². The molecule has 24 heavy (non-hydrogen) atoms. The van der Waals surface area contributed by atoms with Crippen molar-refractivity contribution in [3.8, 4) is 11.5 Å². The Kier molecular flexibility index (Phi) is 4.90. The molecule has 1 amide bonds. The van der Waals surface area contributed by atoms with Gasteiger partial charge in [0.15, 0.2) is 5.82 Å². The molecule has 1 aromatic carbocycles. The van der Waals surface area contributed by atoms with Crippen molar-refractivity contribution >= 4 is 23.4 Å². The fourth-order valence-corrected chi connectivity index (χ4v) is 2.69. The molecule has 122 valence electrons. The molecule has 0 saturated heterocycles. The van der Waals surface area contributed by atoms with E-state index in [1.54, 1.807) is 13.1 Å². The molecule has 0 aliphatic heterocycles. The fourth-order valence-electron chi connectivity index (χ4n) is 2.05. The minimum Gasteiger partial charge on any atom is -0.334 e. The number of hydrogen-bond donors (Lipinski definition) is 1. The third-order valence-corrected chi connectivity index (χ3v) is 4.22. The van der Waals surface area contributed by atoms with Gasteiger partial charge in [0.05, 0.1) is 16.3 Å². The average Bonchev–Trinajstić information content (AvgIpc) is 3.02. The van der Waals surface area contributed by atoms with Crippen LogP contribution >= 0.6 is 11.8 Å². The number of para-hydroxylation sites is 1. The van der Waals surface area contributed by atoms with Crippen LogP contribution in [0.4, 0.5) is 5.69 Å². The van der Waals surface area contributed by atoms with Crippen molar-refractivity contribution in [1.29, 1.82) is 0 Å². The normalized spacial score (nSPS) is 10.6. The second-order valence-corrected chi connectivity index (χ2v) is 6.18. The highest BCUT2D eigenvalue weighted by Gasteiger charge is 2.09. The number of anilines is 1. The van der Waals surface area contributed by atoms with Crippen molar-refractivity contribution in [3.63, 3.8) is 0 Å². The van der Waals surface area contributed by atoms with Gasteiger partial charge in [-0.25, -0.2) is 4.98 Å². The van der Waals surface area contributed by atoms with Crippen molar-refractivity contribution in [3.05, 3.63) is 54.0 Å². The van der Waals surface area contributed by atoms with Crippen molar-refractivity contribution in [2.45, 2.75) is 18.9 Å². The van der Waals surface area contributed by atoms with Crippen molar-refractivity contribution in [1.82, 2.24) is 15.1 Å². The van der Waals surface area contributed by atoms with Gasteiger partial charge in [-0.3, -0.25) is 4.79 Å². The topological polar surface area (TPSA) is 80.9 Å². The van der Waals surface area contributed by atoms with Crippen LogP contribution in [0, 0.1) is 13.8 Å². The zero-order valence-corrected chi connectivity index (χ0v) is 14.1. The summed E-state index contributed by atoms with van der Waals surface area (Å²) < 4.78 is 5.09. The Hall–Kier alpha value is -2.67. The highest BCUT2D eigenvalue weighted by atomic mass is 32.2. The van der Waals surface area contributed by atoms with E-state index in [-0.39, 0.29) is 5.91 Å². The number of thioether (sulfide) groups is 1. The van der Waals surface area contributed by atoms with Gasteiger partial charge in [0, 0.05) is 11.9 Å². The molecule has 3 aromatic rings. The number of carbonyl (C=O) groups is 1. The highest BCUT2D eigenvalue weighted by molar-refractivity contribution is 7.99. The maximum atomic E-state index is 12.0. The molecule has 0 aliphatic carbocycles. The number of rotatable bonds is 5. The van der Waals surface area contributed by atoms with Crippen LogP contribution in [0.1, 0.15) is 11.4 Å². The average molecular weight is 340 g/mol. The Bertz CT molecular complexity index is 846. The van der Waals surface area contributed by atoms with Crippen LogP contribution < -0.4 is 5.32 Å². The molecule has 6 nitrogen and oxygen atoms in total. The quantitative estimate of drug-likeness (QED) is 0.716. The standard InChI is InChI=1S/C17H16N4O2S/c1-11-5-3-4-6-14(11)20-15(22)10-24-16-8-7-13(9-18-16)17-19-12(2)21-23-17/h3-9H,10H2,1-2H3,(H,20,22). The molecule has 0 fully saturated rings. The van der Waals surface area contributed by atoms with E-state index in [2.05, 4.69) is 20.4 Å². The first-order valence-corrected chi connectivity index (χ1v) is 8.35. The van der Waals surface area contributed by atoms with Gasteiger partial charge in [-0.2, -0.15) is 4.98 Å². The lowest BCUT2D eigenvalue weighted by Crippen LogP contribution is -2.14. The number of benzene rings is 1. The predicted octanol–water partition coefficient (Wildman–Crippen LogP) is 3.48. The van der Waals surface area contributed by atoms with Gasteiger partial charge in [-0.05, 0) is 37.6 Å². The first-order chi connectivity index (χ1) is 11.6. The number of aryl methyl sites for hydroxylation is 2. The number of amides is 1. The summed E-state index contributed by atoms with van der Waals surface area (Å²) in [5.41, 5.74) is 2.62. The van der Waals surface area contributed by atoms with E-state index < -0.39 is 0 Å².